The van der Waals surface area contributed by atoms with E-state index < -0.39 is 0 Å². The van der Waals surface area contributed by atoms with Gasteiger partial charge in [0.05, 0.1) is 30.8 Å². The zero-order chi connectivity index (χ0) is 96.1. The number of carbonyl (C=O) groups is 4. The number of Topliss-reactive ketones (excluding diaryl/α,β-unsaturated/α-hetero) is 4. The van der Waals surface area contributed by atoms with Gasteiger partial charge >= 0.3 is 0 Å². The first kappa shape index (κ1) is 114. The molecule has 4 aliphatic rings. The van der Waals surface area contributed by atoms with E-state index in [0.29, 0.717) is 65.1 Å². The fourth-order valence-electron chi connectivity index (χ4n) is 16.6. The maximum atomic E-state index is 13.9. The van der Waals surface area contributed by atoms with Crippen molar-refractivity contribution in [1.82, 2.24) is 49.8 Å². The molecule has 4 aliphatic heterocycles. The normalized spacial score (nSPS) is 16.9. The molecular formula is C108H164Cl5FN10O5. The van der Waals surface area contributed by atoms with E-state index in [4.69, 9.17) is 62.7 Å². The summed E-state index contributed by atoms with van der Waals surface area (Å²) in [6.45, 7) is 81.2. The Labute approximate surface area is 805 Å². The fourth-order valence-corrected chi connectivity index (χ4v) is 17.2. The monoisotopic (exact) mass is 1880 g/mol. The molecule has 6 aromatic rings. The molecule has 0 amide bonds. The summed E-state index contributed by atoms with van der Waals surface area (Å²) in [6.07, 6.45) is 0. The molecule has 4 heterocycles. The highest BCUT2D eigenvalue weighted by Gasteiger charge is 2.33. The van der Waals surface area contributed by atoms with Crippen molar-refractivity contribution in [2.24, 2.45) is 35.5 Å². The molecule has 15 nitrogen and oxygen atoms in total. The minimum atomic E-state index is -0.323. The minimum Gasteiger partial charge on any atom is -0.494 e. The molecule has 129 heavy (non-hydrogen) atoms. The smallest absolute Gasteiger partial charge is 0.165 e. The number of likely N-dealkylation sites (N-methyl/N-ethyl adjacent to an activating group) is 2. The maximum absolute atomic E-state index is 13.9. The van der Waals surface area contributed by atoms with Crippen LogP contribution < -0.4 is 15.4 Å². The second-order valence-electron chi connectivity index (χ2n) is 38.6. The highest BCUT2D eigenvalue weighted by Crippen LogP contribution is 2.35. The SMILES string of the molecule is C=C(C(C)C)[C@H](CNC(C)C)c1ccc(Cl)c(C)c1.C=C(C(C)C)[C@H](CNC(C)C)c1ccc(OC)c(F)c1.CC(C)C(=O)[C@@H](CN1CCN(C(C)C)CC1)c1ccc(Cl)cc1.CC(C)C(=O)[C@H](CN1CCN(C(C)C)CC1)c1ccc(Cl)cc1.CCN1CCN(C[C@@H](C(=O)C(C)C)c2ccc(Cl)cc2)CC1.CCN1CCN(C[C@H](C(=O)C(C)C)c2ccc(Cl)cc2)CC1. The zero-order valence-corrected chi connectivity index (χ0v) is 87.0. The van der Waals surface area contributed by atoms with E-state index in [-0.39, 0.29) is 64.8 Å². The van der Waals surface area contributed by atoms with Gasteiger partial charge in [-0.3, -0.25) is 48.6 Å². The van der Waals surface area contributed by atoms with Crippen LogP contribution >= 0.6 is 58.0 Å². The van der Waals surface area contributed by atoms with Crippen molar-refractivity contribution < 1.29 is 28.3 Å². The van der Waals surface area contributed by atoms with Crippen molar-refractivity contribution in [2.75, 3.05) is 164 Å². The molecular weight excluding hydrogens is 1710 g/mol. The number of nitrogens with zero attached hydrogens (tertiary/aromatic N) is 8. The number of hydrogen-bond acceptors (Lipinski definition) is 15. The van der Waals surface area contributed by atoms with Gasteiger partial charge < -0.3 is 25.2 Å². The second-order valence-corrected chi connectivity index (χ2v) is 40.7. The Morgan fingerprint density at radius 1 is 0.341 bits per heavy atom. The highest BCUT2D eigenvalue weighted by atomic mass is 35.5. The number of methoxy groups -OCH3 is 1. The van der Waals surface area contributed by atoms with Crippen molar-refractivity contribution >= 4 is 81.1 Å². The van der Waals surface area contributed by atoms with Crippen LogP contribution in [0.25, 0.3) is 0 Å². The molecule has 4 fully saturated rings. The number of hydrogen-bond donors (Lipinski definition) is 2. The predicted molar refractivity (Wildman–Crippen MR) is 548 cm³/mol. The molecule has 0 saturated carbocycles. The summed E-state index contributed by atoms with van der Waals surface area (Å²) in [4.78, 5) is 70.3. The molecule has 2 N–H and O–H groups in total. The van der Waals surface area contributed by atoms with Gasteiger partial charge in [-0.1, -0.05) is 274 Å². The number of aryl methyl sites for hydroxylation is 1. The van der Waals surface area contributed by atoms with Gasteiger partial charge in [-0.15, -0.1) is 0 Å². The summed E-state index contributed by atoms with van der Waals surface area (Å²) in [7, 11) is 1.48. The number of benzene rings is 6. The van der Waals surface area contributed by atoms with Crippen LogP contribution in [0.4, 0.5) is 4.39 Å². The molecule has 0 aliphatic carbocycles. The lowest BCUT2D eigenvalue weighted by Crippen LogP contribution is -2.50. The van der Waals surface area contributed by atoms with Gasteiger partial charge in [-0.05, 0) is 165 Å². The van der Waals surface area contributed by atoms with Gasteiger partial charge in [0.2, 0.25) is 0 Å². The fraction of sp³-hybridized carbons (Fsp3) is 0.593. The first-order chi connectivity index (χ1) is 61.0. The average molecular weight is 1880 g/mol. The molecule has 10 rings (SSSR count). The van der Waals surface area contributed by atoms with E-state index in [9.17, 15) is 23.6 Å². The molecule has 0 unspecified atom stereocenters. The third kappa shape index (κ3) is 39.2. The van der Waals surface area contributed by atoms with Crippen molar-refractivity contribution in [3.63, 3.8) is 0 Å². The van der Waals surface area contributed by atoms with E-state index in [1.165, 1.54) is 18.2 Å². The quantitative estimate of drug-likeness (QED) is 0.0359. The molecule has 4 saturated heterocycles. The Hall–Kier alpha value is -5.74. The first-order valence-electron chi connectivity index (χ1n) is 47.9. The number of rotatable bonds is 37. The summed E-state index contributed by atoms with van der Waals surface area (Å²) in [6, 6.07) is 44.5. The Morgan fingerprint density at radius 2 is 0.581 bits per heavy atom. The number of halogens is 6. The Kier molecular flexibility index (Phi) is 51.6. The van der Waals surface area contributed by atoms with Gasteiger partial charge in [0, 0.05) is 229 Å². The highest BCUT2D eigenvalue weighted by molar-refractivity contribution is 6.32. The van der Waals surface area contributed by atoms with Gasteiger partial charge in [0.1, 0.15) is 23.1 Å². The van der Waals surface area contributed by atoms with Crippen molar-refractivity contribution in [3.05, 3.63) is 228 Å². The molecule has 6 aromatic carbocycles. The van der Waals surface area contributed by atoms with E-state index >= 15 is 0 Å². The standard InChI is InChI=1S/2C19H29ClN2O.2C18H27ClN2O.C17H26ClN.C17H26FNO/c2*1-14(2)19(23)18(16-5-7-17(20)8-6-16)13-21-9-11-22(12-10-21)15(3)4;2*1-4-20-9-11-21(12-10-20)13-17(18(22)14(2)3)15-5-7-16(19)8-6-15;1-11(2)14(6)16(10-19-12(3)4)15-7-8-17(18)13(5)9-15;1-11(2)13(5)15(10-19-12(3)4)14-7-8-17(20-6)16(18)9-14/h2*5-8,14-15,18H,9-13H2,1-4H3;2*5-8,14,17H,4,9-13H2,1-3H3;7-9,11-12,16,19H,6,10H2,1-5H3;7-9,11-12,15,19H,5,10H2,1-4,6H3/t2*18-;2*17-;16-;15-/m101000/s1. The Bertz CT molecular complexity index is 4080. The summed E-state index contributed by atoms with van der Waals surface area (Å²) < 4.78 is 18.9. The minimum absolute atomic E-state index is 0.0487. The molecule has 0 spiro atoms. The predicted octanol–water partition coefficient (Wildman–Crippen LogP) is 23.0. The van der Waals surface area contributed by atoms with E-state index in [1.54, 1.807) is 12.1 Å². The van der Waals surface area contributed by atoms with E-state index in [2.05, 4.69) is 179 Å². The van der Waals surface area contributed by atoms with Crippen LogP contribution in [0.1, 0.15) is 227 Å². The number of ketones is 4. The first-order valence-corrected chi connectivity index (χ1v) is 49.8. The summed E-state index contributed by atoms with van der Waals surface area (Å²) in [5.74, 6) is 2.51. The summed E-state index contributed by atoms with van der Waals surface area (Å²) >= 11 is 30.1. The number of ether oxygens (including phenoxy) is 1. The van der Waals surface area contributed by atoms with Gasteiger partial charge in [-0.2, -0.15) is 0 Å². The molecule has 0 radical (unpaired) electrons. The van der Waals surface area contributed by atoms with Crippen molar-refractivity contribution in [2.45, 2.75) is 219 Å². The van der Waals surface area contributed by atoms with E-state index in [1.807, 2.05) is 165 Å². The summed E-state index contributed by atoms with van der Waals surface area (Å²) in [5, 5.41) is 10.6. The van der Waals surface area contributed by atoms with Crippen molar-refractivity contribution in [3.8, 4) is 5.75 Å². The lowest BCUT2D eigenvalue weighted by Gasteiger charge is -2.38. The van der Waals surface area contributed by atoms with Gasteiger partial charge in [-0.25, -0.2) is 4.39 Å². The number of piperazine rings is 4. The molecule has 6 atom stereocenters. The lowest BCUT2D eigenvalue weighted by atomic mass is 9.85. The van der Waals surface area contributed by atoms with E-state index in [0.717, 1.165) is 221 Å². The molecule has 0 aromatic heterocycles. The lowest BCUT2D eigenvalue weighted by molar-refractivity contribution is -0.124. The van der Waals surface area contributed by atoms with Gasteiger partial charge in [0.15, 0.2) is 11.6 Å². The average Bonchev–Trinajstić information content (AvgIpc) is 0.868. The van der Waals surface area contributed by atoms with Crippen LogP contribution in [0, 0.1) is 48.2 Å². The largest absolute Gasteiger partial charge is 0.494 e. The summed E-state index contributed by atoms with van der Waals surface area (Å²) in [5.41, 5.74) is 10.1. The molecule has 0 bridgehead atoms. The number of carbonyl (C=O) groups excluding carboxylic acids is 4. The molecule has 21 heteroatoms. The number of nitrogens with one attached hydrogen (secondary N) is 2. The van der Waals surface area contributed by atoms with Crippen molar-refractivity contribution in [1.29, 1.82) is 0 Å². The second kappa shape index (κ2) is 58.5. The van der Waals surface area contributed by atoms with Crippen LogP contribution in [-0.4, -0.2) is 251 Å². The van der Waals surface area contributed by atoms with Crippen LogP contribution in [0.15, 0.2) is 158 Å². The Morgan fingerprint density at radius 3 is 0.798 bits per heavy atom. The third-order valence-corrected chi connectivity index (χ3v) is 27.0. The van der Waals surface area contributed by atoms with Crippen LogP contribution in [0.2, 0.25) is 25.1 Å². The maximum Gasteiger partial charge on any atom is 0.165 e. The van der Waals surface area contributed by atoms with Gasteiger partial charge in [0.25, 0.3) is 0 Å². The Balaban J connectivity index is 0.000000275. The topological polar surface area (TPSA) is 127 Å². The zero-order valence-electron chi connectivity index (χ0n) is 83.2. The molecule has 718 valence electrons. The van der Waals surface area contributed by atoms with Crippen LogP contribution in [0.3, 0.4) is 0 Å². The third-order valence-electron chi connectivity index (χ3n) is 25.6. The van der Waals surface area contributed by atoms with Crippen LogP contribution in [0.5, 0.6) is 5.75 Å². The van der Waals surface area contributed by atoms with Crippen LogP contribution in [-0.2, 0) is 19.2 Å².